The molecule has 0 spiro atoms. The lowest BCUT2D eigenvalue weighted by Gasteiger charge is -2.05. The quantitative estimate of drug-likeness (QED) is 0.792. The Labute approximate surface area is 139 Å². The van der Waals surface area contributed by atoms with Crippen LogP contribution in [0.3, 0.4) is 0 Å². The molecule has 1 amide bonds. The number of carbonyl (C=O) groups excluding carboxylic acids is 1. The monoisotopic (exact) mass is 325 g/mol. The van der Waals surface area contributed by atoms with Crippen LogP contribution in [-0.4, -0.2) is 15.5 Å². The Bertz CT molecular complexity index is 885. The molecule has 0 radical (unpaired) electrons. The van der Waals surface area contributed by atoms with Crippen molar-refractivity contribution in [3.05, 3.63) is 59.1 Å². The van der Waals surface area contributed by atoms with Gasteiger partial charge in [0.15, 0.2) is 0 Å². The van der Waals surface area contributed by atoms with Crippen molar-refractivity contribution in [2.45, 2.75) is 12.3 Å². The molecule has 1 fully saturated rings. The van der Waals surface area contributed by atoms with Gasteiger partial charge in [-0.1, -0.05) is 35.9 Å². The number of hydrogen-bond donors (Lipinski definition) is 1. The Morgan fingerprint density at radius 3 is 2.70 bits per heavy atom. The van der Waals surface area contributed by atoms with Gasteiger partial charge in [0.25, 0.3) is 0 Å². The van der Waals surface area contributed by atoms with Crippen molar-refractivity contribution >= 4 is 34.5 Å². The van der Waals surface area contributed by atoms with E-state index >= 15 is 0 Å². The van der Waals surface area contributed by atoms with Crippen LogP contribution in [0.4, 0.5) is 5.95 Å². The van der Waals surface area contributed by atoms with E-state index in [1.165, 1.54) is 5.56 Å². The molecule has 1 N–H and O–H groups in total. The van der Waals surface area contributed by atoms with Gasteiger partial charge < -0.3 is 4.57 Å². The zero-order valence-electron chi connectivity index (χ0n) is 12.7. The Balaban J connectivity index is 1.50. The highest BCUT2D eigenvalue weighted by Crippen LogP contribution is 2.48. The van der Waals surface area contributed by atoms with Gasteiger partial charge in [0.1, 0.15) is 0 Å². The summed E-state index contributed by atoms with van der Waals surface area (Å²) in [4.78, 5) is 16.9. The average Bonchev–Trinajstić information content (AvgIpc) is 3.30. The maximum absolute atomic E-state index is 12.5. The summed E-state index contributed by atoms with van der Waals surface area (Å²) in [7, 11) is 1.91. The molecular formula is C18H16ClN3O. The maximum atomic E-state index is 12.5. The molecule has 1 aromatic heterocycles. The number of halogens is 1. The van der Waals surface area contributed by atoms with Crippen molar-refractivity contribution in [2.24, 2.45) is 13.0 Å². The first-order chi connectivity index (χ1) is 11.1. The van der Waals surface area contributed by atoms with E-state index in [-0.39, 0.29) is 17.7 Å². The van der Waals surface area contributed by atoms with Gasteiger partial charge in [-0.25, -0.2) is 4.98 Å². The van der Waals surface area contributed by atoms with Crippen molar-refractivity contribution in [1.29, 1.82) is 0 Å². The molecule has 116 valence electrons. The summed E-state index contributed by atoms with van der Waals surface area (Å²) in [5.74, 6) is 0.916. The minimum atomic E-state index is 0.0102. The van der Waals surface area contributed by atoms with Gasteiger partial charge in [0, 0.05) is 18.0 Å². The molecule has 23 heavy (non-hydrogen) atoms. The molecule has 1 aliphatic rings. The zero-order valence-corrected chi connectivity index (χ0v) is 13.4. The molecule has 0 saturated heterocycles. The number of anilines is 1. The maximum Gasteiger partial charge on any atom is 0.230 e. The number of rotatable bonds is 3. The van der Waals surface area contributed by atoms with Crippen LogP contribution < -0.4 is 5.32 Å². The number of nitrogens with one attached hydrogen (secondary N) is 1. The molecule has 1 aliphatic carbocycles. The van der Waals surface area contributed by atoms with Crippen LogP contribution in [0.2, 0.25) is 5.02 Å². The Morgan fingerprint density at radius 2 is 1.96 bits per heavy atom. The first-order valence-electron chi connectivity index (χ1n) is 7.61. The first-order valence-corrected chi connectivity index (χ1v) is 7.99. The molecule has 0 aliphatic heterocycles. The normalized spacial score (nSPS) is 19.7. The molecular weight excluding hydrogens is 310 g/mol. The van der Waals surface area contributed by atoms with Crippen LogP contribution in [0.5, 0.6) is 0 Å². The average molecular weight is 326 g/mol. The Morgan fingerprint density at radius 1 is 1.22 bits per heavy atom. The fourth-order valence-electron chi connectivity index (χ4n) is 3.02. The van der Waals surface area contributed by atoms with Gasteiger partial charge in [-0.2, -0.15) is 0 Å². The molecule has 3 aromatic rings. The number of carbonyl (C=O) groups is 1. The van der Waals surface area contributed by atoms with Crippen LogP contribution in [-0.2, 0) is 11.8 Å². The van der Waals surface area contributed by atoms with E-state index in [9.17, 15) is 4.79 Å². The van der Waals surface area contributed by atoms with Gasteiger partial charge in [0.05, 0.1) is 11.0 Å². The van der Waals surface area contributed by atoms with E-state index in [0.29, 0.717) is 5.95 Å². The van der Waals surface area contributed by atoms with Crippen LogP contribution in [0.15, 0.2) is 48.5 Å². The minimum absolute atomic E-state index is 0.0102. The predicted octanol–water partition coefficient (Wildman–Crippen LogP) is 3.97. The summed E-state index contributed by atoms with van der Waals surface area (Å²) < 4.78 is 1.91. The van der Waals surface area contributed by atoms with E-state index in [0.717, 1.165) is 22.5 Å². The third-order valence-electron chi connectivity index (χ3n) is 4.45. The lowest BCUT2D eigenvalue weighted by Crippen LogP contribution is -2.17. The second-order valence-corrected chi connectivity index (χ2v) is 6.41. The number of benzene rings is 2. The van der Waals surface area contributed by atoms with E-state index < -0.39 is 0 Å². The fourth-order valence-corrected chi connectivity index (χ4v) is 3.15. The zero-order chi connectivity index (χ0) is 16.0. The summed E-state index contributed by atoms with van der Waals surface area (Å²) in [5.41, 5.74) is 3.06. The molecule has 4 rings (SSSR count). The van der Waals surface area contributed by atoms with Crippen molar-refractivity contribution in [1.82, 2.24) is 9.55 Å². The van der Waals surface area contributed by atoms with Gasteiger partial charge in [-0.3, -0.25) is 10.1 Å². The van der Waals surface area contributed by atoms with Gasteiger partial charge >= 0.3 is 0 Å². The van der Waals surface area contributed by atoms with Crippen LogP contribution >= 0.6 is 11.6 Å². The largest absolute Gasteiger partial charge is 0.313 e. The fraction of sp³-hybridized carbons (Fsp3) is 0.222. The van der Waals surface area contributed by atoms with Crippen molar-refractivity contribution < 1.29 is 4.79 Å². The van der Waals surface area contributed by atoms with Crippen molar-refractivity contribution in [3.63, 3.8) is 0 Å². The standard InChI is InChI=1S/C18H16ClN3O/c1-22-16-5-3-2-4-15(16)20-18(22)21-17(23)14-10-13(14)11-6-8-12(19)9-7-11/h2-9,13-14H,10H2,1H3,(H,20,21,23)/t13-,14+/m0/s1. The summed E-state index contributed by atoms with van der Waals surface area (Å²) in [6.07, 6.45) is 0.872. The van der Waals surface area contributed by atoms with Crippen molar-refractivity contribution in [3.8, 4) is 0 Å². The number of amides is 1. The number of aryl methyl sites for hydroxylation is 1. The Hall–Kier alpha value is -2.33. The van der Waals surface area contributed by atoms with E-state index in [1.54, 1.807) is 0 Å². The summed E-state index contributed by atoms with van der Waals surface area (Å²) >= 11 is 5.91. The SMILES string of the molecule is Cn1c(NC(=O)[C@@H]2C[C@H]2c2ccc(Cl)cc2)nc2ccccc21. The van der Waals surface area contributed by atoms with E-state index in [4.69, 9.17) is 11.6 Å². The van der Waals surface area contributed by atoms with Gasteiger partial charge in [0.2, 0.25) is 11.9 Å². The summed E-state index contributed by atoms with van der Waals surface area (Å²) in [6, 6.07) is 15.6. The molecule has 4 nitrogen and oxygen atoms in total. The molecule has 1 heterocycles. The van der Waals surface area contributed by atoms with Gasteiger partial charge in [-0.15, -0.1) is 0 Å². The highest BCUT2D eigenvalue weighted by atomic mass is 35.5. The molecule has 0 unspecified atom stereocenters. The topological polar surface area (TPSA) is 46.9 Å². The van der Waals surface area contributed by atoms with E-state index in [1.807, 2.05) is 60.1 Å². The molecule has 2 aromatic carbocycles. The van der Waals surface area contributed by atoms with E-state index in [2.05, 4.69) is 10.3 Å². The third-order valence-corrected chi connectivity index (χ3v) is 4.70. The van der Waals surface area contributed by atoms with Crippen LogP contribution in [0, 0.1) is 5.92 Å². The predicted molar refractivity (Wildman–Crippen MR) is 91.6 cm³/mol. The summed E-state index contributed by atoms with van der Waals surface area (Å²) in [6.45, 7) is 0. The highest BCUT2D eigenvalue weighted by molar-refractivity contribution is 6.30. The molecule has 5 heteroatoms. The second-order valence-electron chi connectivity index (χ2n) is 5.97. The minimum Gasteiger partial charge on any atom is -0.313 e. The van der Waals surface area contributed by atoms with Gasteiger partial charge in [-0.05, 0) is 42.2 Å². The lowest BCUT2D eigenvalue weighted by molar-refractivity contribution is -0.117. The molecule has 1 saturated carbocycles. The third kappa shape index (κ3) is 2.59. The number of aromatic nitrogens is 2. The van der Waals surface area contributed by atoms with Crippen LogP contribution in [0.1, 0.15) is 17.9 Å². The smallest absolute Gasteiger partial charge is 0.230 e. The van der Waals surface area contributed by atoms with Crippen molar-refractivity contribution in [2.75, 3.05) is 5.32 Å². The highest BCUT2D eigenvalue weighted by Gasteiger charge is 2.44. The number of nitrogens with zero attached hydrogens (tertiary/aromatic N) is 2. The summed E-state index contributed by atoms with van der Waals surface area (Å²) in [5, 5.41) is 3.68. The molecule has 0 bridgehead atoms. The number of imidazole rings is 1. The Kier molecular flexibility index (Phi) is 3.34. The lowest BCUT2D eigenvalue weighted by atomic mass is 10.1. The number of hydrogen-bond acceptors (Lipinski definition) is 2. The first kappa shape index (κ1) is 14.3. The van der Waals surface area contributed by atoms with Crippen LogP contribution in [0.25, 0.3) is 11.0 Å². The number of para-hydroxylation sites is 2. The second kappa shape index (κ2) is 5.39. The molecule has 2 atom stereocenters. The number of fused-ring (bicyclic) bond motifs is 1.